The maximum absolute atomic E-state index is 5.23. The molecule has 1 aliphatic rings. The summed E-state index contributed by atoms with van der Waals surface area (Å²) >= 11 is 0. The van der Waals surface area contributed by atoms with Gasteiger partial charge in [-0.15, -0.1) is 0 Å². The van der Waals surface area contributed by atoms with Gasteiger partial charge < -0.3 is 4.74 Å². The van der Waals surface area contributed by atoms with Crippen LogP contribution >= 0.6 is 0 Å². The molecule has 1 aliphatic heterocycles. The highest BCUT2D eigenvalue weighted by atomic mass is 16.5. The summed E-state index contributed by atoms with van der Waals surface area (Å²) in [6.07, 6.45) is 2.23. The summed E-state index contributed by atoms with van der Waals surface area (Å²) in [6.45, 7) is 3.24. The highest BCUT2D eigenvalue weighted by Crippen LogP contribution is 2.24. The zero-order valence-electron chi connectivity index (χ0n) is 10.8. The SMILES string of the molecule is COc1cccc(-c2nc3n(n2)CC(C)CC3)c1. The Morgan fingerprint density at radius 2 is 2.28 bits per heavy atom. The first kappa shape index (κ1) is 11.3. The van der Waals surface area contributed by atoms with Gasteiger partial charge in [-0.05, 0) is 24.5 Å². The molecule has 0 bridgehead atoms. The quantitative estimate of drug-likeness (QED) is 0.813. The van der Waals surface area contributed by atoms with Gasteiger partial charge in [0.1, 0.15) is 11.6 Å². The Labute approximate surface area is 107 Å². The van der Waals surface area contributed by atoms with Crippen LogP contribution in [0.4, 0.5) is 0 Å². The van der Waals surface area contributed by atoms with Crippen molar-refractivity contribution in [3.63, 3.8) is 0 Å². The smallest absolute Gasteiger partial charge is 0.181 e. The van der Waals surface area contributed by atoms with Gasteiger partial charge in [-0.1, -0.05) is 19.1 Å². The molecule has 94 valence electrons. The lowest BCUT2D eigenvalue weighted by atomic mass is 10.0. The molecule has 1 unspecified atom stereocenters. The van der Waals surface area contributed by atoms with Crippen LogP contribution in [0.15, 0.2) is 24.3 Å². The number of aromatic nitrogens is 3. The number of rotatable bonds is 2. The molecule has 1 aromatic carbocycles. The highest BCUT2D eigenvalue weighted by molar-refractivity contribution is 5.57. The second-order valence-corrected chi connectivity index (χ2v) is 4.91. The van der Waals surface area contributed by atoms with Crippen LogP contribution in [0, 0.1) is 5.92 Å². The monoisotopic (exact) mass is 243 g/mol. The van der Waals surface area contributed by atoms with Gasteiger partial charge >= 0.3 is 0 Å². The number of aryl methyl sites for hydroxylation is 1. The molecule has 4 heteroatoms. The largest absolute Gasteiger partial charge is 0.497 e. The summed E-state index contributed by atoms with van der Waals surface area (Å²) in [5.41, 5.74) is 1.02. The molecule has 0 saturated carbocycles. The first-order valence-electron chi connectivity index (χ1n) is 6.34. The molecule has 0 fully saturated rings. The van der Waals surface area contributed by atoms with E-state index in [0.29, 0.717) is 5.92 Å². The van der Waals surface area contributed by atoms with Crippen LogP contribution in [0.2, 0.25) is 0 Å². The third kappa shape index (κ3) is 1.98. The summed E-state index contributed by atoms with van der Waals surface area (Å²) in [7, 11) is 1.67. The zero-order valence-corrected chi connectivity index (χ0v) is 10.8. The van der Waals surface area contributed by atoms with Crippen molar-refractivity contribution in [1.82, 2.24) is 14.8 Å². The van der Waals surface area contributed by atoms with Gasteiger partial charge in [0.15, 0.2) is 5.82 Å². The van der Waals surface area contributed by atoms with E-state index >= 15 is 0 Å². The molecule has 0 saturated heterocycles. The van der Waals surface area contributed by atoms with Crippen LogP contribution in [0.3, 0.4) is 0 Å². The van der Waals surface area contributed by atoms with E-state index in [1.165, 1.54) is 6.42 Å². The summed E-state index contributed by atoms with van der Waals surface area (Å²) in [4.78, 5) is 4.63. The zero-order chi connectivity index (χ0) is 12.5. The molecule has 3 rings (SSSR count). The van der Waals surface area contributed by atoms with Gasteiger partial charge in [0.05, 0.1) is 7.11 Å². The third-order valence-corrected chi connectivity index (χ3v) is 3.42. The fourth-order valence-electron chi connectivity index (χ4n) is 2.35. The number of benzene rings is 1. The lowest BCUT2D eigenvalue weighted by Crippen LogP contribution is -2.18. The predicted octanol–water partition coefficient (Wildman–Crippen LogP) is 2.54. The summed E-state index contributed by atoms with van der Waals surface area (Å²) in [5.74, 6) is 3.44. The number of hydrogen-bond acceptors (Lipinski definition) is 3. The van der Waals surface area contributed by atoms with Crippen molar-refractivity contribution in [2.45, 2.75) is 26.3 Å². The van der Waals surface area contributed by atoms with Gasteiger partial charge in [0.25, 0.3) is 0 Å². The molecule has 0 spiro atoms. The Hall–Kier alpha value is -1.84. The second-order valence-electron chi connectivity index (χ2n) is 4.91. The summed E-state index contributed by atoms with van der Waals surface area (Å²) in [5, 5.41) is 4.60. The Morgan fingerprint density at radius 1 is 1.39 bits per heavy atom. The van der Waals surface area contributed by atoms with E-state index in [0.717, 1.165) is 35.9 Å². The van der Waals surface area contributed by atoms with E-state index < -0.39 is 0 Å². The molecule has 0 radical (unpaired) electrons. The Bertz CT molecular complexity index is 562. The van der Waals surface area contributed by atoms with Crippen LogP contribution in [-0.4, -0.2) is 21.9 Å². The molecule has 1 atom stereocenters. The van der Waals surface area contributed by atoms with Gasteiger partial charge in [-0.25, -0.2) is 9.67 Å². The minimum atomic E-state index is 0.692. The highest BCUT2D eigenvalue weighted by Gasteiger charge is 2.19. The van der Waals surface area contributed by atoms with Crippen molar-refractivity contribution in [1.29, 1.82) is 0 Å². The third-order valence-electron chi connectivity index (χ3n) is 3.42. The number of hydrogen-bond donors (Lipinski definition) is 0. The lowest BCUT2D eigenvalue weighted by Gasteiger charge is -2.17. The van der Waals surface area contributed by atoms with E-state index in [1.54, 1.807) is 7.11 Å². The van der Waals surface area contributed by atoms with Crippen LogP contribution in [0.25, 0.3) is 11.4 Å². The normalized spacial score (nSPS) is 18.4. The fraction of sp³-hybridized carbons (Fsp3) is 0.429. The van der Waals surface area contributed by atoms with E-state index in [2.05, 4.69) is 17.0 Å². The van der Waals surface area contributed by atoms with Crippen LogP contribution in [0.5, 0.6) is 5.75 Å². The average Bonchev–Trinajstić information content (AvgIpc) is 2.81. The molecule has 0 aliphatic carbocycles. The van der Waals surface area contributed by atoms with E-state index in [4.69, 9.17) is 4.74 Å². The maximum atomic E-state index is 5.23. The Kier molecular flexibility index (Phi) is 2.78. The topological polar surface area (TPSA) is 39.9 Å². The van der Waals surface area contributed by atoms with Gasteiger partial charge in [0, 0.05) is 18.5 Å². The molecule has 0 amide bonds. The molecule has 2 aromatic rings. The standard InChI is InChI=1S/C14H17N3O/c1-10-6-7-13-15-14(16-17(13)9-10)11-4-3-5-12(8-11)18-2/h3-5,8,10H,6-7,9H2,1-2H3. The van der Waals surface area contributed by atoms with Crippen molar-refractivity contribution < 1.29 is 4.74 Å². The average molecular weight is 243 g/mol. The number of ether oxygens (including phenoxy) is 1. The minimum absolute atomic E-state index is 0.692. The lowest BCUT2D eigenvalue weighted by molar-refractivity contribution is 0.368. The van der Waals surface area contributed by atoms with E-state index in [1.807, 2.05) is 28.9 Å². The first-order valence-corrected chi connectivity index (χ1v) is 6.34. The van der Waals surface area contributed by atoms with E-state index in [9.17, 15) is 0 Å². The summed E-state index contributed by atoms with van der Waals surface area (Å²) in [6, 6.07) is 7.90. The molecule has 4 nitrogen and oxygen atoms in total. The van der Waals surface area contributed by atoms with Gasteiger partial charge in [-0.2, -0.15) is 5.10 Å². The molecular formula is C14H17N3O. The molecular weight excluding hydrogens is 226 g/mol. The van der Waals surface area contributed by atoms with Gasteiger partial charge in [0.2, 0.25) is 0 Å². The van der Waals surface area contributed by atoms with Gasteiger partial charge in [-0.3, -0.25) is 0 Å². The number of methoxy groups -OCH3 is 1. The molecule has 0 N–H and O–H groups in total. The summed E-state index contributed by atoms with van der Waals surface area (Å²) < 4.78 is 7.28. The van der Waals surface area contributed by atoms with Crippen LogP contribution in [0.1, 0.15) is 19.2 Å². The second kappa shape index (κ2) is 4.44. The maximum Gasteiger partial charge on any atom is 0.181 e. The number of fused-ring (bicyclic) bond motifs is 1. The molecule has 2 heterocycles. The predicted molar refractivity (Wildman–Crippen MR) is 69.5 cm³/mol. The fourth-order valence-corrected chi connectivity index (χ4v) is 2.35. The number of nitrogens with zero attached hydrogens (tertiary/aromatic N) is 3. The minimum Gasteiger partial charge on any atom is -0.497 e. The first-order chi connectivity index (χ1) is 8.76. The van der Waals surface area contributed by atoms with Crippen LogP contribution < -0.4 is 4.74 Å². The van der Waals surface area contributed by atoms with Crippen LogP contribution in [-0.2, 0) is 13.0 Å². The van der Waals surface area contributed by atoms with Crippen molar-refractivity contribution in [3.8, 4) is 17.1 Å². The van der Waals surface area contributed by atoms with Crippen molar-refractivity contribution in [2.24, 2.45) is 5.92 Å². The van der Waals surface area contributed by atoms with E-state index in [-0.39, 0.29) is 0 Å². The molecule has 1 aromatic heterocycles. The van der Waals surface area contributed by atoms with Crippen molar-refractivity contribution in [2.75, 3.05) is 7.11 Å². The Balaban J connectivity index is 1.97. The van der Waals surface area contributed by atoms with Crippen molar-refractivity contribution in [3.05, 3.63) is 30.1 Å². The molecule has 18 heavy (non-hydrogen) atoms. The Morgan fingerprint density at radius 3 is 3.11 bits per heavy atom. The van der Waals surface area contributed by atoms with Crippen molar-refractivity contribution >= 4 is 0 Å².